The van der Waals surface area contributed by atoms with Gasteiger partial charge in [-0.05, 0) is 37.1 Å². The SMILES string of the molecule is CCCN(CCC)COc1ccc(S(=O)(=O)O)cc1. The molecule has 0 saturated carbocycles. The molecular formula is C13H21NO4S. The first-order valence-corrected chi connectivity index (χ1v) is 7.84. The number of ether oxygens (including phenoxy) is 1. The molecule has 0 aliphatic carbocycles. The maximum atomic E-state index is 10.9. The molecule has 0 atom stereocenters. The molecular weight excluding hydrogens is 266 g/mol. The summed E-state index contributed by atoms with van der Waals surface area (Å²) >= 11 is 0. The second kappa shape index (κ2) is 7.47. The van der Waals surface area contributed by atoms with Crippen LogP contribution in [-0.2, 0) is 10.1 Å². The Bertz CT molecular complexity index is 464. The van der Waals surface area contributed by atoms with Gasteiger partial charge in [0.05, 0.1) is 4.90 Å². The summed E-state index contributed by atoms with van der Waals surface area (Å²) in [7, 11) is -4.13. The Kier molecular flexibility index (Phi) is 6.27. The number of nitrogens with zero attached hydrogens (tertiary/aromatic N) is 1. The summed E-state index contributed by atoms with van der Waals surface area (Å²) in [4.78, 5) is 2.07. The number of rotatable bonds is 8. The first-order chi connectivity index (χ1) is 8.97. The zero-order chi connectivity index (χ0) is 14.3. The molecule has 1 rings (SSSR count). The maximum absolute atomic E-state index is 10.9. The summed E-state index contributed by atoms with van der Waals surface area (Å²) < 4.78 is 36.2. The van der Waals surface area contributed by atoms with Crippen LogP contribution >= 0.6 is 0 Å². The van der Waals surface area contributed by atoms with Gasteiger partial charge in [-0.1, -0.05) is 13.8 Å². The van der Waals surface area contributed by atoms with E-state index in [1.54, 1.807) is 12.1 Å². The van der Waals surface area contributed by atoms with Crippen LogP contribution in [-0.4, -0.2) is 37.7 Å². The Hall–Kier alpha value is -1.11. The summed E-state index contributed by atoms with van der Waals surface area (Å²) in [5.41, 5.74) is 0. The van der Waals surface area contributed by atoms with Crippen molar-refractivity contribution in [1.82, 2.24) is 4.90 Å². The average molecular weight is 287 g/mol. The molecule has 19 heavy (non-hydrogen) atoms. The van der Waals surface area contributed by atoms with Gasteiger partial charge in [-0.2, -0.15) is 8.42 Å². The topological polar surface area (TPSA) is 66.8 Å². The van der Waals surface area contributed by atoms with Crippen LogP contribution in [0.3, 0.4) is 0 Å². The van der Waals surface area contributed by atoms with Crippen molar-refractivity contribution in [1.29, 1.82) is 0 Å². The first-order valence-electron chi connectivity index (χ1n) is 6.40. The minimum Gasteiger partial charge on any atom is -0.478 e. The zero-order valence-electron chi connectivity index (χ0n) is 11.4. The molecule has 5 nitrogen and oxygen atoms in total. The lowest BCUT2D eigenvalue weighted by Crippen LogP contribution is -2.29. The van der Waals surface area contributed by atoms with E-state index in [2.05, 4.69) is 18.7 Å². The van der Waals surface area contributed by atoms with Gasteiger partial charge in [0, 0.05) is 13.1 Å². The van der Waals surface area contributed by atoms with Crippen LogP contribution in [0, 0.1) is 0 Å². The van der Waals surface area contributed by atoms with E-state index in [1.165, 1.54) is 12.1 Å². The van der Waals surface area contributed by atoms with Gasteiger partial charge in [0.25, 0.3) is 10.1 Å². The Balaban J connectivity index is 2.58. The van der Waals surface area contributed by atoms with Gasteiger partial charge in [0.1, 0.15) is 12.5 Å². The van der Waals surface area contributed by atoms with Crippen LogP contribution in [0.5, 0.6) is 5.75 Å². The lowest BCUT2D eigenvalue weighted by Gasteiger charge is -2.21. The largest absolute Gasteiger partial charge is 0.478 e. The summed E-state index contributed by atoms with van der Waals surface area (Å²) in [6, 6.07) is 5.74. The molecule has 1 aromatic rings. The van der Waals surface area contributed by atoms with Gasteiger partial charge < -0.3 is 4.74 Å². The molecule has 0 radical (unpaired) electrons. The third kappa shape index (κ3) is 5.59. The van der Waals surface area contributed by atoms with E-state index < -0.39 is 10.1 Å². The lowest BCUT2D eigenvalue weighted by molar-refractivity contribution is 0.126. The van der Waals surface area contributed by atoms with Gasteiger partial charge in [0.15, 0.2) is 0 Å². The van der Waals surface area contributed by atoms with Crippen molar-refractivity contribution in [2.24, 2.45) is 0 Å². The monoisotopic (exact) mass is 287 g/mol. The molecule has 0 aliphatic rings. The maximum Gasteiger partial charge on any atom is 0.294 e. The van der Waals surface area contributed by atoms with Crippen LogP contribution in [0.25, 0.3) is 0 Å². The van der Waals surface area contributed by atoms with E-state index in [0.717, 1.165) is 25.9 Å². The van der Waals surface area contributed by atoms with Crippen LogP contribution in [0.1, 0.15) is 26.7 Å². The molecule has 0 bridgehead atoms. The van der Waals surface area contributed by atoms with Crippen molar-refractivity contribution >= 4 is 10.1 Å². The molecule has 0 aromatic heterocycles. The first kappa shape index (κ1) is 15.9. The molecule has 0 amide bonds. The predicted molar refractivity (Wildman–Crippen MR) is 73.9 cm³/mol. The van der Waals surface area contributed by atoms with Gasteiger partial charge in [-0.25, -0.2) is 0 Å². The molecule has 0 saturated heterocycles. The molecule has 108 valence electrons. The second-order valence-corrected chi connectivity index (χ2v) is 5.76. The highest BCUT2D eigenvalue weighted by molar-refractivity contribution is 7.85. The van der Waals surface area contributed by atoms with Crippen molar-refractivity contribution in [3.63, 3.8) is 0 Å². The minimum absolute atomic E-state index is 0.126. The highest BCUT2D eigenvalue weighted by Crippen LogP contribution is 2.15. The number of benzene rings is 1. The zero-order valence-corrected chi connectivity index (χ0v) is 12.2. The Labute approximate surface area is 114 Å². The molecule has 1 aromatic carbocycles. The van der Waals surface area contributed by atoms with Gasteiger partial charge >= 0.3 is 0 Å². The van der Waals surface area contributed by atoms with Crippen molar-refractivity contribution in [2.75, 3.05) is 19.8 Å². The number of hydrogen-bond acceptors (Lipinski definition) is 4. The Morgan fingerprint density at radius 2 is 1.63 bits per heavy atom. The fraction of sp³-hybridized carbons (Fsp3) is 0.538. The van der Waals surface area contributed by atoms with Gasteiger partial charge in [-0.15, -0.1) is 0 Å². The summed E-state index contributed by atoms with van der Waals surface area (Å²) in [5.74, 6) is 0.588. The highest BCUT2D eigenvalue weighted by atomic mass is 32.2. The van der Waals surface area contributed by atoms with E-state index >= 15 is 0 Å². The minimum atomic E-state index is -4.13. The molecule has 0 unspecified atom stereocenters. The fourth-order valence-electron chi connectivity index (χ4n) is 1.75. The van der Waals surface area contributed by atoms with E-state index in [9.17, 15) is 8.42 Å². The summed E-state index contributed by atoms with van der Waals surface area (Å²) in [6.07, 6.45) is 2.12. The van der Waals surface area contributed by atoms with Crippen molar-refractivity contribution in [2.45, 2.75) is 31.6 Å². The average Bonchev–Trinajstić information content (AvgIpc) is 2.36. The molecule has 0 aliphatic heterocycles. The lowest BCUT2D eigenvalue weighted by atomic mass is 10.3. The predicted octanol–water partition coefficient (Wildman–Crippen LogP) is 2.39. The molecule has 0 fully saturated rings. The van der Waals surface area contributed by atoms with Gasteiger partial charge in [0.2, 0.25) is 0 Å². The quantitative estimate of drug-likeness (QED) is 0.587. The Morgan fingerprint density at radius 1 is 1.11 bits per heavy atom. The van der Waals surface area contributed by atoms with E-state index in [1.807, 2.05) is 0 Å². The third-order valence-corrected chi connectivity index (χ3v) is 3.48. The molecule has 0 spiro atoms. The van der Waals surface area contributed by atoms with Crippen LogP contribution in [0.4, 0.5) is 0 Å². The standard InChI is InChI=1S/C13H21NO4S/c1-3-9-14(10-4-2)11-18-12-5-7-13(8-6-12)19(15,16)17/h5-8H,3-4,9-11H2,1-2H3,(H,15,16,17). The Morgan fingerprint density at radius 3 is 2.05 bits per heavy atom. The van der Waals surface area contributed by atoms with Gasteiger partial charge in [-0.3, -0.25) is 9.45 Å². The molecule has 6 heteroatoms. The van der Waals surface area contributed by atoms with Crippen molar-refractivity contribution < 1.29 is 17.7 Å². The van der Waals surface area contributed by atoms with Crippen molar-refractivity contribution in [3.8, 4) is 5.75 Å². The third-order valence-electron chi connectivity index (χ3n) is 2.62. The molecule has 1 N–H and O–H groups in total. The van der Waals surface area contributed by atoms with Crippen LogP contribution < -0.4 is 4.74 Å². The van der Waals surface area contributed by atoms with E-state index in [4.69, 9.17) is 9.29 Å². The van der Waals surface area contributed by atoms with E-state index in [-0.39, 0.29) is 4.90 Å². The summed E-state index contributed by atoms with van der Waals surface area (Å²) in [5, 5.41) is 0. The second-order valence-electron chi connectivity index (χ2n) is 4.34. The van der Waals surface area contributed by atoms with E-state index in [0.29, 0.717) is 12.5 Å². The molecule has 0 heterocycles. The number of hydrogen-bond donors (Lipinski definition) is 1. The smallest absolute Gasteiger partial charge is 0.294 e. The fourth-order valence-corrected chi connectivity index (χ4v) is 2.23. The van der Waals surface area contributed by atoms with Crippen LogP contribution in [0.15, 0.2) is 29.2 Å². The highest BCUT2D eigenvalue weighted by Gasteiger charge is 2.09. The van der Waals surface area contributed by atoms with Crippen molar-refractivity contribution in [3.05, 3.63) is 24.3 Å². The summed E-state index contributed by atoms with van der Waals surface area (Å²) in [6.45, 7) is 6.65. The normalized spacial score (nSPS) is 11.8. The van der Waals surface area contributed by atoms with Crippen LogP contribution in [0.2, 0.25) is 0 Å².